The quantitative estimate of drug-likeness (QED) is 0.248. The Morgan fingerprint density at radius 2 is 1.71 bits per heavy atom. The Kier molecular flexibility index (Phi) is 13.0. The van der Waals surface area contributed by atoms with Crippen LogP contribution in [0.2, 0.25) is 0 Å². The van der Waals surface area contributed by atoms with Crippen molar-refractivity contribution in [1.29, 1.82) is 0 Å². The third-order valence-electron chi connectivity index (χ3n) is 5.36. The molecule has 35 heavy (non-hydrogen) atoms. The number of amides is 3. The van der Waals surface area contributed by atoms with Gasteiger partial charge in [-0.05, 0) is 31.4 Å². The lowest BCUT2D eigenvalue weighted by molar-refractivity contribution is -0.148. The molecule has 0 aliphatic rings. The maximum Gasteiger partial charge on any atom is 0.308 e. The highest BCUT2D eigenvalue weighted by molar-refractivity contribution is 5.99. The fraction of sp³-hybridized carbons (Fsp3) is 0.600. The van der Waals surface area contributed by atoms with Crippen molar-refractivity contribution in [2.45, 2.75) is 66.7 Å². The van der Waals surface area contributed by atoms with Crippen molar-refractivity contribution in [2.75, 3.05) is 25.0 Å². The first-order valence-electron chi connectivity index (χ1n) is 12.1. The molecule has 0 aliphatic carbocycles. The molecule has 6 N–H and O–H groups in total. The van der Waals surface area contributed by atoms with E-state index in [1.54, 1.807) is 26.0 Å². The first-order valence-corrected chi connectivity index (χ1v) is 12.1. The minimum Gasteiger partial charge on any atom is -0.461 e. The molecular formula is C25H41N5O5. The summed E-state index contributed by atoms with van der Waals surface area (Å²) in [6, 6.07) is 4.49. The summed E-state index contributed by atoms with van der Waals surface area (Å²) in [5.74, 6) is -1.70. The summed E-state index contributed by atoms with van der Waals surface area (Å²) in [6.45, 7) is 11.6. The number of nitrogens with two attached hydrogens (primary N) is 1. The van der Waals surface area contributed by atoms with Crippen LogP contribution in [0.4, 0.5) is 5.69 Å². The highest BCUT2D eigenvalue weighted by atomic mass is 16.5. The van der Waals surface area contributed by atoms with Gasteiger partial charge in [0.05, 0.1) is 18.5 Å². The van der Waals surface area contributed by atoms with E-state index >= 15 is 0 Å². The number of ether oxygens (including phenoxy) is 1. The van der Waals surface area contributed by atoms with E-state index in [1.807, 2.05) is 27.7 Å². The zero-order valence-corrected chi connectivity index (χ0v) is 21.7. The van der Waals surface area contributed by atoms with Crippen molar-refractivity contribution < 1.29 is 23.9 Å². The van der Waals surface area contributed by atoms with Crippen LogP contribution in [0.25, 0.3) is 0 Å². The van der Waals surface area contributed by atoms with Gasteiger partial charge in [0.25, 0.3) is 5.91 Å². The van der Waals surface area contributed by atoms with E-state index in [0.29, 0.717) is 11.3 Å². The van der Waals surface area contributed by atoms with E-state index < -0.39 is 17.9 Å². The van der Waals surface area contributed by atoms with Crippen molar-refractivity contribution in [2.24, 2.45) is 17.6 Å². The number of carbonyl (C=O) groups excluding carboxylic acids is 4. The Labute approximate surface area is 208 Å². The molecule has 1 aromatic carbocycles. The molecule has 1 rings (SSSR count). The van der Waals surface area contributed by atoms with Gasteiger partial charge in [0.1, 0.15) is 6.61 Å². The molecule has 0 spiro atoms. The van der Waals surface area contributed by atoms with Crippen LogP contribution in [0.15, 0.2) is 18.2 Å². The minimum atomic E-state index is -0.434. The second kappa shape index (κ2) is 15.1. The van der Waals surface area contributed by atoms with Gasteiger partial charge in [-0.15, -0.1) is 0 Å². The lowest BCUT2D eigenvalue weighted by Crippen LogP contribution is -2.51. The van der Waals surface area contributed by atoms with E-state index in [0.717, 1.165) is 6.42 Å². The Balaban J connectivity index is 2.88. The highest BCUT2D eigenvalue weighted by Crippen LogP contribution is 2.18. The van der Waals surface area contributed by atoms with Crippen LogP contribution in [0, 0.1) is 11.8 Å². The molecule has 2 unspecified atom stereocenters. The third kappa shape index (κ3) is 10.4. The Hall–Kier alpha value is -2.98. The first kappa shape index (κ1) is 30.1. The summed E-state index contributed by atoms with van der Waals surface area (Å²) < 4.78 is 5.26. The first-order chi connectivity index (χ1) is 16.5. The molecular weight excluding hydrogens is 450 g/mol. The number of carbonyl (C=O) groups is 4. The van der Waals surface area contributed by atoms with Gasteiger partial charge in [0.2, 0.25) is 11.8 Å². The van der Waals surface area contributed by atoms with Crippen LogP contribution in [-0.2, 0) is 25.7 Å². The Morgan fingerprint density at radius 3 is 2.29 bits per heavy atom. The van der Waals surface area contributed by atoms with Crippen LogP contribution in [-0.4, -0.2) is 55.4 Å². The SMILES string of the molecule is CCC(C)NC(C(=O)NCC(=O)Nc1ccc(COC(=O)C(C)C)c(C(=O)NCCN)c1)C(C)C. The van der Waals surface area contributed by atoms with Crippen molar-refractivity contribution >= 4 is 29.4 Å². The van der Waals surface area contributed by atoms with Gasteiger partial charge in [-0.3, -0.25) is 19.2 Å². The summed E-state index contributed by atoms with van der Waals surface area (Å²) in [5, 5.41) is 11.3. The standard InChI is InChI=1S/C25H41N5O5/c1-7-17(6)29-22(15(2)3)24(33)28-13-21(31)30-19-9-8-18(14-35-25(34)16(4)5)20(12-19)23(32)27-11-10-26/h8-9,12,15-17,22,29H,7,10-11,13-14,26H2,1-6H3,(H,27,32)(H,28,33)(H,30,31). The maximum absolute atomic E-state index is 12.6. The molecule has 0 saturated heterocycles. The van der Waals surface area contributed by atoms with Gasteiger partial charge in [-0.2, -0.15) is 0 Å². The van der Waals surface area contributed by atoms with Crippen molar-refractivity contribution in [3.63, 3.8) is 0 Å². The smallest absolute Gasteiger partial charge is 0.308 e. The zero-order valence-electron chi connectivity index (χ0n) is 21.7. The summed E-state index contributed by atoms with van der Waals surface area (Å²) in [7, 11) is 0. The van der Waals surface area contributed by atoms with E-state index in [9.17, 15) is 19.2 Å². The van der Waals surface area contributed by atoms with Crippen molar-refractivity contribution in [3.8, 4) is 0 Å². The average molecular weight is 492 g/mol. The summed E-state index contributed by atoms with van der Waals surface area (Å²) >= 11 is 0. The molecule has 3 amide bonds. The normalized spacial score (nSPS) is 12.7. The lowest BCUT2D eigenvalue weighted by Gasteiger charge is -2.25. The predicted molar refractivity (Wildman–Crippen MR) is 136 cm³/mol. The van der Waals surface area contributed by atoms with Crippen LogP contribution < -0.4 is 27.0 Å². The van der Waals surface area contributed by atoms with Gasteiger partial charge in [0, 0.05) is 35.9 Å². The molecule has 196 valence electrons. The number of anilines is 1. The minimum absolute atomic E-state index is 0.0546. The molecule has 0 fully saturated rings. The number of esters is 1. The van der Waals surface area contributed by atoms with Crippen LogP contribution in [0.1, 0.15) is 63.9 Å². The zero-order chi connectivity index (χ0) is 26.5. The molecule has 0 bridgehead atoms. The van der Waals surface area contributed by atoms with Crippen LogP contribution in [0.3, 0.4) is 0 Å². The molecule has 0 saturated carbocycles. The Bertz CT molecular complexity index is 872. The number of nitrogens with one attached hydrogen (secondary N) is 4. The summed E-state index contributed by atoms with van der Waals surface area (Å²) in [4.78, 5) is 49.5. The molecule has 0 aromatic heterocycles. The molecule has 0 aliphatic heterocycles. The van der Waals surface area contributed by atoms with Gasteiger partial charge >= 0.3 is 5.97 Å². The van der Waals surface area contributed by atoms with E-state index in [4.69, 9.17) is 10.5 Å². The van der Waals surface area contributed by atoms with Crippen LogP contribution >= 0.6 is 0 Å². The topological polar surface area (TPSA) is 152 Å². The maximum atomic E-state index is 12.6. The van der Waals surface area contributed by atoms with Gasteiger partial charge in [0.15, 0.2) is 0 Å². The number of rotatable bonds is 14. The highest BCUT2D eigenvalue weighted by Gasteiger charge is 2.23. The lowest BCUT2D eigenvalue weighted by atomic mass is 10.0. The number of benzene rings is 1. The molecule has 2 atom stereocenters. The fourth-order valence-corrected chi connectivity index (χ4v) is 3.07. The number of hydrogen-bond acceptors (Lipinski definition) is 7. The van der Waals surface area contributed by atoms with E-state index in [1.165, 1.54) is 6.07 Å². The summed E-state index contributed by atoms with van der Waals surface area (Å²) in [6.07, 6.45) is 0.880. The molecule has 1 aromatic rings. The second-order valence-corrected chi connectivity index (χ2v) is 9.14. The van der Waals surface area contributed by atoms with Crippen molar-refractivity contribution in [1.82, 2.24) is 16.0 Å². The molecule has 10 nitrogen and oxygen atoms in total. The van der Waals surface area contributed by atoms with E-state index in [2.05, 4.69) is 21.3 Å². The largest absolute Gasteiger partial charge is 0.461 e. The second-order valence-electron chi connectivity index (χ2n) is 9.14. The van der Waals surface area contributed by atoms with E-state index in [-0.39, 0.29) is 61.6 Å². The number of hydrogen-bond donors (Lipinski definition) is 5. The molecule has 0 heterocycles. The Morgan fingerprint density at radius 1 is 1.03 bits per heavy atom. The summed E-state index contributed by atoms with van der Waals surface area (Å²) in [5.41, 5.74) is 6.60. The van der Waals surface area contributed by atoms with Crippen molar-refractivity contribution in [3.05, 3.63) is 29.3 Å². The molecule has 0 radical (unpaired) electrons. The fourth-order valence-electron chi connectivity index (χ4n) is 3.07. The molecule has 10 heteroatoms. The predicted octanol–water partition coefficient (Wildman–Crippen LogP) is 1.54. The average Bonchev–Trinajstić information content (AvgIpc) is 2.82. The third-order valence-corrected chi connectivity index (χ3v) is 5.36. The van der Waals surface area contributed by atoms with Gasteiger partial charge in [-0.25, -0.2) is 0 Å². The van der Waals surface area contributed by atoms with Gasteiger partial charge in [-0.1, -0.05) is 40.7 Å². The van der Waals surface area contributed by atoms with Gasteiger partial charge < -0.3 is 31.7 Å². The monoisotopic (exact) mass is 491 g/mol. The van der Waals surface area contributed by atoms with Crippen LogP contribution in [0.5, 0.6) is 0 Å².